The van der Waals surface area contributed by atoms with E-state index in [2.05, 4.69) is 0 Å². The Kier molecular flexibility index (Phi) is 15.9. The summed E-state index contributed by atoms with van der Waals surface area (Å²) in [6.07, 6.45) is -5.81. The van der Waals surface area contributed by atoms with E-state index in [0.717, 1.165) is 23.3 Å². The second-order valence-corrected chi connectivity index (χ2v) is 24.3. The summed E-state index contributed by atoms with van der Waals surface area (Å²) in [6.45, 7) is 5.16. The molecule has 0 spiro atoms. The van der Waals surface area contributed by atoms with Crippen LogP contribution in [0.2, 0.25) is 0 Å². The summed E-state index contributed by atoms with van der Waals surface area (Å²) in [4.78, 5) is 54.0. The third-order valence-electron chi connectivity index (χ3n) is 19.6. The van der Waals surface area contributed by atoms with Crippen LogP contribution in [0.5, 0.6) is 0 Å². The number of carboxylic acids is 2. The fourth-order valence-electron chi connectivity index (χ4n) is 14.9. The Morgan fingerprint density at radius 2 is 1.04 bits per heavy atom. The third-order valence-corrected chi connectivity index (χ3v) is 19.6. The number of rotatable bonds is 10. The molecule has 6 aliphatic rings. The number of carbonyl (C=O) groups excluding carboxylic acids is 2. The van der Waals surface area contributed by atoms with Crippen LogP contribution < -0.4 is 0 Å². The zero-order valence-corrected chi connectivity index (χ0v) is 45.5. The molecule has 2 aliphatic heterocycles. The SMILES string of the molecule is C[C@@H]1CC(C(=O)N2CC[C@@]3(Cc4ccc(F)cc4)c4ccc(C(C)(F)C(F)(F)F)cc4CC[C@@H]23)CC[C@H]1C(=O)O.C[C@@H]1CC(C(=O)N2CC[C@@]3(Cc4ccc(F)cc4)c4ccc(C(C)(F)C(F)(F)F)cc4CC[C@@]23F)CC[C@H]1C(=O)O. The van der Waals surface area contributed by atoms with Gasteiger partial charge in [-0.05, 0) is 178 Å². The van der Waals surface area contributed by atoms with Crippen LogP contribution in [0.4, 0.5) is 48.3 Å². The van der Waals surface area contributed by atoms with Crippen LogP contribution in [0.1, 0.15) is 136 Å². The lowest BCUT2D eigenvalue weighted by Gasteiger charge is -2.49. The van der Waals surface area contributed by atoms with Gasteiger partial charge < -0.3 is 20.0 Å². The minimum Gasteiger partial charge on any atom is -0.481 e. The van der Waals surface area contributed by atoms with Gasteiger partial charge in [0.25, 0.3) is 0 Å². The number of carboxylic acid groups (broad SMARTS) is 2. The van der Waals surface area contributed by atoms with Gasteiger partial charge in [0.2, 0.25) is 23.2 Å². The Balaban J connectivity index is 0.000000196. The quantitative estimate of drug-likeness (QED) is 0.121. The summed E-state index contributed by atoms with van der Waals surface area (Å²) >= 11 is 0. The van der Waals surface area contributed by atoms with Gasteiger partial charge in [0, 0.05) is 42.8 Å². The average molecular weight is 1150 g/mol. The summed E-state index contributed by atoms with van der Waals surface area (Å²) in [5.41, 5.74) is -6.33. The van der Waals surface area contributed by atoms with Gasteiger partial charge in [-0.15, -0.1) is 0 Å². The van der Waals surface area contributed by atoms with E-state index in [0.29, 0.717) is 107 Å². The van der Waals surface area contributed by atoms with Crippen molar-refractivity contribution in [2.75, 3.05) is 13.1 Å². The maximum atomic E-state index is 17.6. The predicted molar refractivity (Wildman–Crippen MR) is 278 cm³/mol. The number of aliphatic carboxylic acids is 2. The van der Waals surface area contributed by atoms with Gasteiger partial charge in [-0.2, -0.15) is 26.3 Å². The highest BCUT2D eigenvalue weighted by molar-refractivity contribution is 5.82. The fourth-order valence-corrected chi connectivity index (χ4v) is 14.9. The van der Waals surface area contributed by atoms with Crippen molar-refractivity contribution < 1.29 is 77.7 Å². The Hall–Kier alpha value is -6.01. The molecule has 2 saturated heterocycles. The summed E-state index contributed by atoms with van der Waals surface area (Å²) in [6, 6.07) is 19.1. The monoisotopic (exact) mass is 1140 g/mol. The zero-order chi connectivity index (χ0) is 59.0. The maximum absolute atomic E-state index is 17.6. The average Bonchev–Trinajstić information content (AvgIpc) is 4.15. The number of hydrogen-bond donors (Lipinski definition) is 2. The molecule has 0 bridgehead atoms. The highest BCUT2D eigenvalue weighted by Gasteiger charge is 2.65. The second kappa shape index (κ2) is 21.6. The topological polar surface area (TPSA) is 115 Å². The van der Waals surface area contributed by atoms with Crippen molar-refractivity contribution in [3.63, 3.8) is 0 Å². The Bertz CT molecular complexity index is 3040. The minimum absolute atomic E-state index is 0.00450. The summed E-state index contributed by atoms with van der Waals surface area (Å²) in [7, 11) is 0. The van der Waals surface area contributed by atoms with Crippen LogP contribution in [-0.4, -0.2) is 81.0 Å². The number of halogens is 11. The number of benzene rings is 4. The lowest BCUT2D eigenvalue weighted by Crippen LogP contribution is -2.59. The van der Waals surface area contributed by atoms with Crippen LogP contribution in [-0.2, 0) is 67.0 Å². The molecule has 81 heavy (non-hydrogen) atoms. The normalized spacial score (nSPS) is 30.5. The van der Waals surface area contributed by atoms with E-state index < -0.39 is 92.9 Å². The molecule has 0 radical (unpaired) electrons. The molecule has 4 fully saturated rings. The van der Waals surface area contributed by atoms with E-state index in [1.807, 2.05) is 11.8 Å². The maximum Gasteiger partial charge on any atom is 0.426 e. The molecule has 4 aliphatic carbocycles. The largest absolute Gasteiger partial charge is 0.481 e. The Morgan fingerprint density at radius 3 is 1.52 bits per heavy atom. The van der Waals surface area contributed by atoms with Gasteiger partial charge in [0.05, 0.1) is 17.3 Å². The third kappa shape index (κ3) is 10.6. The van der Waals surface area contributed by atoms with Crippen molar-refractivity contribution in [2.45, 2.75) is 164 Å². The number of aryl methyl sites for hydroxylation is 2. The van der Waals surface area contributed by atoms with Crippen molar-refractivity contribution in [1.29, 1.82) is 0 Å². The van der Waals surface area contributed by atoms with Gasteiger partial charge >= 0.3 is 24.3 Å². The minimum atomic E-state index is -5.14. The molecule has 0 aromatic heterocycles. The first-order chi connectivity index (χ1) is 37.8. The van der Waals surface area contributed by atoms with Crippen molar-refractivity contribution in [1.82, 2.24) is 9.80 Å². The number of hydrogen-bond acceptors (Lipinski definition) is 4. The van der Waals surface area contributed by atoms with E-state index in [9.17, 15) is 73.3 Å². The van der Waals surface area contributed by atoms with E-state index in [1.54, 1.807) is 25.1 Å². The van der Waals surface area contributed by atoms with Crippen molar-refractivity contribution >= 4 is 23.8 Å². The number of alkyl halides is 9. The zero-order valence-electron chi connectivity index (χ0n) is 45.5. The van der Waals surface area contributed by atoms with Crippen LogP contribution >= 0.6 is 0 Å². The number of likely N-dealkylation sites (tertiary alicyclic amines) is 2. The summed E-state index contributed by atoms with van der Waals surface area (Å²) in [5.74, 6) is -7.43. The van der Waals surface area contributed by atoms with Gasteiger partial charge in [0.15, 0.2) is 5.79 Å². The molecule has 2 heterocycles. The van der Waals surface area contributed by atoms with Gasteiger partial charge in [0.1, 0.15) is 11.6 Å². The first kappa shape index (κ1) is 59.6. The fraction of sp³-hybridized carbons (Fsp3) is 0.548. The first-order valence-corrected chi connectivity index (χ1v) is 27.9. The van der Waals surface area contributed by atoms with Crippen molar-refractivity contribution in [3.8, 4) is 0 Å². The molecule has 2 amide bonds. The van der Waals surface area contributed by atoms with E-state index in [1.165, 1.54) is 59.5 Å². The number of carbonyl (C=O) groups is 4. The van der Waals surface area contributed by atoms with E-state index in [4.69, 9.17) is 0 Å². The smallest absolute Gasteiger partial charge is 0.426 e. The van der Waals surface area contributed by atoms with Crippen molar-refractivity contribution in [3.05, 3.63) is 141 Å². The first-order valence-electron chi connectivity index (χ1n) is 27.9. The lowest BCUT2D eigenvalue weighted by atomic mass is 9.62. The van der Waals surface area contributed by atoms with Gasteiger partial charge in [-0.3, -0.25) is 19.2 Å². The summed E-state index contributed by atoms with van der Waals surface area (Å²) < 4.78 is 156. The number of nitrogens with zero attached hydrogens (tertiary/aromatic N) is 2. The van der Waals surface area contributed by atoms with E-state index in [-0.39, 0.29) is 67.7 Å². The molecule has 4 unspecified atom stereocenters. The standard InChI is InChI=1S/C31H33F6NO3.C31H34F5NO3/c1-18-15-21(5-9-24(18)27(40)41)26(39)38-14-13-29(17-19-3-7-23(32)8-4-19)25-10-6-22(28(2,33)31(35,36)37)16-20(25)11-12-30(29,38)34;1-18-15-21(5-10-24(18)28(39)40)27(38)37-14-13-30(17-19-3-8-23(32)9-4-19)25-11-7-22(29(2,33)31(34,35)36)16-20(25)6-12-26(30)37/h3-4,6-8,10,16,18,21,24H,5,9,11-15,17H2,1-2H3,(H,40,41);3-4,7-9,11,16,18,21,24,26H,5-6,10,12-15,17H2,1-2H3,(H,39,40)/t18-,21?,24-,28?,29-,30-;18-,21?,24-,26-,29?,30-/m11/s1. The van der Waals surface area contributed by atoms with Crippen LogP contribution in [0.3, 0.4) is 0 Å². The van der Waals surface area contributed by atoms with Crippen LogP contribution in [0, 0.1) is 47.1 Å². The number of amides is 2. The van der Waals surface area contributed by atoms with Crippen molar-refractivity contribution in [2.24, 2.45) is 35.5 Å². The molecule has 4 aromatic rings. The Morgan fingerprint density at radius 1 is 0.568 bits per heavy atom. The molecule has 19 heteroatoms. The summed E-state index contributed by atoms with van der Waals surface area (Å²) in [5, 5.41) is 19.0. The molecule has 12 atom stereocenters. The molecule has 8 nitrogen and oxygen atoms in total. The number of fused-ring (bicyclic) bond motifs is 6. The molecule has 2 saturated carbocycles. The van der Waals surface area contributed by atoms with Gasteiger partial charge in [-0.25, -0.2) is 22.0 Å². The molecule has 10 rings (SSSR count). The van der Waals surface area contributed by atoms with Crippen LogP contribution in [0.15, 0.2) is 84.9 Å². The molecule has 2 N–H and O–H groups in total. The van der Waals surface area contributed by atoms with E-state index >= 15 is 4.39 Å². The highest BCUT2D eigenvalue weighted by Crippen LogP contribution is 2.59. The highest BCUT2D eigenvalue weighted by atomic mass is 19.4. The van der Waals surface area contributed by atoms with Gasteiger partial charge in [-0.1, -0.05) is 74.5 Å². The molecule has 438 valence electrons. The lowest BCUT2D eigenvalue weighted by molar-refractivity contribution is -0.229. The second-order valence-electron chi connectivity index (χ2n) is 24.3. The van der Waals surface area contributed by atoms with Crippen LogP contribution in [0.25, 0.3) is 0 Å². The Labute approximate surface area is 463 Å². The molecular weight excluding hydrogens is 1080 g/mol. The molecule has 4 aromatic carbocycles. The predicted octanol–water partition coefficient (Wildman–Crippen LogP) is 13.8. The molecular formula is C62H67F11N2O6.